The molecule has 2 fully saturated rings. The molecule has 2 aromatic rings. The Kier molecular flexibility index (Phi) is 5.17. The molecule has 0 saturated heterocycles. The molecule has 134 valence electrons. The van der Waals surface area contributed by atoms with Crippen LogP contribution in [-0.2, 0) is 11.3 Å². The van der Waals surface area contributed by atoms with Gasteiger partial charge in [-0.25, -0.2) is 0 Å². The molecule has 1 heterocycles. The molecule has 1 aromatic heterocycles. The van der Waals surface area contributed by atoms with Gasteiger partial charge in [0, 0.05) is 6.42 Å². The first kappa shape index (κ1) is 16.8. The highest BCUT2D eigenvalue weighted by Crippen LogP contribution is 2.50. The molecule has 0 spiro atoms. The second kappa shape index (κ2) is 7.70. The van der Waals surface area contributed by atoms with Gasteiger partial charge in [-0.15, -0.1) is 8.75 Å². The fraction of sp³-hybridized carbons (Fsp3) is 0.579. The van der Waals surface area contributed by atoms with E-state index in [0.717, 1.165) is 43.3 Å². The van der Waals surface area contributed by atoms with Gasteiger partial charge < -0.3 is 14.2 Å². The Bertz CT molecular complexity index is 668. The van der Waals surface area contributed by atoms with Gasteiger partial charge in [-0.2, -0.15) is 0 Å². The van der Waals surface area contributed by atoms with Gasteiger partial charge in [0.05, 0.1) is 31.5 Å². The largest absolute Gasteiger partial charge is 0.473 e. The van der Waals surface area contributed by atoms with Gasteiger partial charge >= 0.3 is 0 Å². The topological polar surface area (TPSA) is 53.5 Å². The van der Waals surface area contributed by atoms with Crippen molar-refractivity contribution in [3.8, 4) is 11.8 Å². The number of hydrogen-bond donors (Lipinski definition) is 0. The van der Waals surface area contributed by atoms with E-state index in [1.807, 2.05) is 18.2 Å². The molecule has 0 unspecified atom stereocenters. The van der Waals surface area contributed by atoms with E-state index in [0.29, 0.717) is 31.6 Å². The van der Waals surface area contributed by atoms with Gasteiger partial charge in [0.25, 0.3) is 11.8 Å². The van der Waals surface area contributed by atoms with Crippen molar-refractivity contribution in [3.05, 3.63) is 35.9 Å². The summed E-state index contributed by atoms with van der Waals surface area (Å²) in [4.78, 5) is 0. The predicted octanol–water partition coefficient (Wildman–Crippen LogP) is 4.24. The second-order valence-electron chi connectivity index (χ2n) is 7.05. The van der Waals surface area contributed by atoms with Gasteiger partial charge in [0.1, 0.15) is 5.60 Å². The summed E-state index contributed by atoms with van der Waals surface area (Å²) in [6.07, 6.45) is 6.83. The lowest BCUT2D eigenvalue weighted by Crippen LogP contribution is -2.30. The van der Waals surface area contributed by atoms with Crippen molar-refractivity contribution in [2.24, 2.45) is 5.92 Å². The first-order chi connectivity index (χ1) is 12.3. The van der Waals surface area contributed by atoms with Gasteiger partial charge in [-0.05, 0) is 43.6 Å². The lowest BCUT2D eigenvalue weighted by Gasteiger charge is -2.26. The highest BCUT2D eigenvalue weighted by atomic mass is 32.1. The van der Waals surface area contributed by atoms with E-state index in [-0.39, 0.29) is 5.60 Å². The molecule has 2 saturated carbocycles. The third kappa shape index (κ3) is 4.12. The van der Waals surface area contributed by atoms with E-state index in [1.165, 1.54) is 18.4 Å². The number of fused-ring (bicyclic) bond motifs is 2. The number of rotatable bonds is 9. The summed E-state index contributed by atoms with van der Waals surface area (Å²) in [5.41, 5.74) is 1.19. The Morgan fingerprint density at radius 2 is 1.84 bits per heavy atom. The van der Waals surface area contributed by atoms with Crippen molar-refractivity contribution in [2.75, 3.05) is 13.2 Å². The number of hydrogen-bond acceptors (Lipinski definition) is 6. The van der Waals surface area contributed by atoms with Crippen LogP contribution in [0.1, 0.15) is 44.1 Å². The summed E-state index contributed by atoms with van der Waals surface area (Å²) in [5, 5.41) is 0. The van der Waals surface area contributed by atoms with E-state index in [9.17, 15) is 0 Å². The molecule has 5 nitrogen and oxygen atoms in total. The quantitative estimate of drug-likeness (QED) is 0.626. The van der Waals surface area contributed by atoms with Gasteiger partial charge in [0.15, 0.2) is 0 Å². The number of aromatic nitrogens is 2. The van der Waals surface area contributed by atoms with Crippen molar-refractivity contribution in [1.82, 2.24) is 8.75 Å². The fourth-order valence-corrected chi connectivity index (χ4v) is 4.34. The number of benzene rings is 1. The minimum absolute atomic E-state index is 0.00265. The Labute approximate surface area is 152 Å². The van der Waals surface area contributed by atoms with Crippen LogP contribution >= 0.6 is 11.7 Å². The van der Waals surface area contributed by atoms with Gasteiger partial charge in [-0.1, -0.05) is 30.3 Å². The molecular formula is C19H24N2O3S. The first-order valence-corrected chi connectivity index (χ1v) is 9.82. The molecular weight excluding hydrogens is 336 g/mol. The Hall–Kier alpha value is -1.66. The average Bonchev–Trinajstić information content (AvgIpc) is 3.36. The second-order valence-corrected chi connectivity index (χ2v) is 7.58. The summed E-state index contributed by atoms with van der Waals surface area (Å²) in [6.45, 7) is 1.86. The minimum Gasteiger partial charge on any atom is -0.473 e. The maximum absolute atomic E-state index is 6.24. The molecule has 0 aliphatic heterocycles. The monoisotopic (exact) mass is 360 g/mol. The Morgan fingerprint density at radius 3 is 2.60 bits per heavy atom. The van der Waals surface area contributed by atoms with Crippen molar-refractivity contribution in [2.45, 2.75) is 50.7 Å². The van der Waals surface area contributed by atoms with Crippen LogP contribution in [-0.4, -0.2) is 27.6 Å². The first-order valence-electron chi connectivity index (χ1n) is 9.09. The van der Waals surface area contributed by atoms with Crippen molar-refractivity contribution in [3.63, 3.8) is 0 Å². The number of ether oxygens (including phenoxy) is 3. The van der Waals surface area contributed by atoms with Crippen LogP contribution in [0.4, 0.5) is 0 Å². The van der Waals surface area contributed by atoms with Crippen molar-refractivity contribution in [1.29, 1.82) is 0 Å². The van der Waals surface area contributed by atoms with Crippen LogP contribution in [0.2, 0.25) is 0 Å². The maximum atomic E-state index is 6.24. The third-order valence-corrected chi connectivity index (χ3v) is 5.70. The Balaban J connectivity index is 1.18. The smallest absolute Gasteiger partial charge is 0.291 e. The third-order valence-electron chi connectivity index (χ3n) is 5.20. The van der Waals surface area contributed by atoms with E-state index < -0.39 is 0 Å². The minimum atomic E-state index is -0.00265. The normalized spacial score (nSPS) is 24.6. The molecule has 1 aromatic carbocycles. The SMILES string of the molecule is c1ccc(COCCCOc2nsnc2OC23CCC(CC2)C3)cc1. The zero-order valence-corrected chi connectivity index (χ0v) is 15.2. The molecule has 0 radical (unpaired) electrons. The number of nitrogens with zero attached hydrogens (tertiary/aromatic N) is 2. The fourth-order valence-electron chi connectivity index (χ4n) is 3.90. The van der Waals surface area contributed by atoms with E-state index in [4.69, 9.17) is 14.2 Å². The lowest BCUT2D eigenvalue weighted by molar-refractivity contribution is 0.0687. The van der Waals surface area contributed by atoms with Gasteiger partial charge in [-0.3, -0.25) is 0 Å². The van der Waals surface area contributed by atoms with E-state index in [1.54, 1.807) is 0 Å². The summed E-state index contributed by atoms with van der Waals surface area (Å²) >= 11 is 1.16. The van der Waals surface area contributed by atoms with Crippen molar-refractivity contribution >= 4 is 11.7 Å². The highest BCUT2D eigenvalue weighted by Gasteiger charge is 2.47. The van der Waals surface area contributed by atoms with Crippen LogP contribution in [0.15, 0.2) is 30.3 Å². The highest BCUT2D eigenvalue weighted by molar-refractivity contribution is 6.99. The van der Waals surface area contributed by atoms with Crippen LogP contribution < -0.4 is 9.47 Å². The summed E-state index contributed by atoms with van der Waals surface area (Å²) < 4.78 is 26.2. The molecule has 0 amide bonds. The van der Waals surface area contributed by atoms with Crippen LogP contribution in [0.5, 0.6) is 11.8 Å². The zero-order chi connectivity index (χ0) is 17.0. The summed E-state index contributed by atoms with van der Waals surface area (Å²) in [7, 11) is 0. The van der Waals surface area contributed by atoms with E-state index >= 15 is 0 Å². The van der Waals surface area contributed by atoms with Crippen LogP contribution in [0, 0.1) is 5.92 Å². The molecule has 2 aliphatic carbocycles. The van der Waals surface area contributed by atoms with Crippen molar-refractivity contribution < 1.29 is 14.2 Å². The molecule has 0 N–H and O–H groups in total. The van der Waals surface area contributed by atoms with Crippen LogP contribution in [0.25, 0.3) is 0 Å². The molecule has 0 atom stereocenters. The van der Waals surface area contributed by atoms with Gasteiger partial charge in [0.2, 0.25) is 0 Å². The lowest BCUT2D eigenvalue weighted by atomic mass is 9.97. The summed E-state index contributed by atoms with van der Waals surface area (Å²) in [6, 6.07) is 10.2. The average molecular weight is 360 g/mol. The predicted molar refractivity (Wildman–Crippen MR) is 96.1 cm³/mol. The van der Waals surface area contributed by atoms with E-state index in [2.05, 4.69) is 20.9 Å². The molecule has 2 bridgehead atoms. The molecule has 25 heavy (non-hydrogen) atoms. The molecule has 6 heteroatoms. The van der Waals surface area contributed by atoms with Crippen LogP contribution in [0.3, 0.4) is 0 Å². The standard InChI is InChI=1S/C19H24N2O3S/c1-2-5-16(6-3-1)14-22-11-4-12-23-17-18(21-25-20-17)24-19-9-7-15(13-19)8-10-19/h1-3,5-6,15H,4,7-14H2. The molecule has 2 aliphatic rings. The summed E-state index contributed by atoms with van der Waals surface area (Å²) in [5.74, 6) is 1.97. The zero-order valence-electron chi connectivity index (χ0n) is 14.4. The molecule has 4 rings (SSSR count). The Morgan fingerprint density at radius 1 is 1.04 bits per heavy atom. The maximum Gasteiger partial charge on any atom is 0.291 e.